The molecule has 1 heterocycles. The van der Waals surface area contributed by atoms with Crippen LogP contribution in [0.4, 0.5) is 0 Å². The zero-order chi connectivity index (χ0) is 14.3. The Morgan fingerprint density at radius 1 is 1.05 bits per heavy atom. The first-order valence-electron chi connectivity index (χ1n) is 7.09. The monoisotopic (exact) mass is 276 g/mol. The van der Waals surface area contributed by atoms with Crippen molar-refractivity contribution in [2.75, 3.05) is 34.0 Å². The van der Waals surface area contributed by atoms with Crippen LogP contribution in [-0.4, -0.2) is 58.6 Å². The first-order valence-corrected chi connectivity index (χ1v) is 7.09. The van der Waals surface area contributed by atoms with Crippen molar-refractivity contribution in [3.05, 3.63) is 0 Å². The molecule has 0 aliphatic carbocycles. The van der Waals surface area contributed by atoms with Gasteiger partial charge in [0.2, 0.25) is 0 Å². The van der Waals surface area contributed by atoms with E-state index in [0.29, 0.717) is 19.8 Å². The second kappa shape index (κ2) is 8.87. The third-order valence-corrected chi connectivity index (χ3v) is 3.44. The van der Waals surface area contributed by atoms with E-state index in [0.717, 1.165) is 6.42 Å². The maximum absolute atomic E-state index is 5.98. The molecule has 19 heavy (non-hydrogen) atoms. The molecule has 5 atom stereocenters. The summed E-state index contributed by atoms with van der Waals surface area (Å²) in [7, 11) is 3.31. The number of ether oxygens (including phenoxy) is 5. The smallest absolute Gasteiger partial charge is 0.186 e. The Morgan fingerprint density at radius 3 is 2.32 bits per heavy atom. The molecule has 0 amide bonds. The van der Waals surface area contributed by atoms with Gasteiger partial charge in [-0.25, -0.2) is 0 Å². The minimum Gasteiger partial charge on any atom is -0.382 e. The maximum atomic E-state index is 5.98. The molecule has 0 radical (unpaired) electrons. The molecule has 1 aliphatic heterocycles. The Bertz CT molecular complexity index is 236. The standard InChI is InChI=1S/C14H28O5/c1-6-8-18-12-10(3)11(9-15-4)19-14(16-5)13(12)17-7-2/h10-14H,6-9H2,1-5H3. The largest absolute Gasteiger partial charge is 0.382 e. The van der Waals surface area contributed by atoms with Gasteiger partial charge in [0.15, 0.2) is 6.29 Å². The van der Waals surface area contributed by atoms with Gasteiger partial charge in [-0.3, -0.25) is 0 Å². The first kappa shape index (κ1) is 16.9. The van der Waals surface area contributed by atoms with E-state index in [-0.39, 0.29) is 24.2 Å². The van der Waals surface area contributed by atoms with Crippen LogP contribution in [0.3, 0.4) is 0 Å². The van der Waals surface area contributed by atoms with Crippen LogP contribution in [0, 0.1) is 5.92 Å². The molecule has 5 nitrogen and oxygen atoms in total. The van der Waals surface area contributed by atoms with Crippen LogP contribution in [0.1, 0.15) is 27.2 Å². The van der Waals surface area contributed by atoms with E-state index in [1.54, 1.807) is 14.2 Å². The molecule has 0 saturated carbocycles. The highest BCUT2D eigenvalue weighted by Gasteiger charge is 2.45. The van der Waals surface area contributed by atoms with Gasteiger partial charge in [-0.05, 0) is 13.3 Å². The molecule has 1 saturated heterocycles. The highest BCUT2D eigenvalue weighted by Crippen LogP contribution is 2.30. The summed E-state index contributed by atoms with van der Waals surface area (Å²) >= 11 is 0. The zero-order valence-electron chi connectivity index (χ0n) is 12.8. The molecule has 114 valence electrons. The van der Waals surface area contributed by atoms with Crippen LogP contribution in [0.2, 0.25) is 0 Å². The number of hydrogen-bond donors (Lipinski definition) is 0. The van der Waals surface area contributed by atoms with Gasteiger partial charge in [-0.1, -0.05) is 13.8 Å². The Morgan fingerprint density at radius 2 is 1.79 bits per heavy atom. The van der Waals surface area contributed by atoms with Gasteiger partial charge < -0.3 is 23.7 Å². The van der Waals surface area contributed by atoms with Gasteiger partial charge in [0.25, 0.3) is 0 Å². The predicted molar refractivity (Wildman–Crippen MR) is 72.2 cm³/mol. The van der Waals surface area contributed by atoms with Crippen LogP contribution in [0.5, 0.6) is 0 Å². The first-order chi connectivity index (χ1) is 9.19. The number of methoxy groups -OCH3 is 2. The van der Waals surface area contributed by atoms with E-state index < -0.39 is 6.29 Å². The third-order valence-electron chi connectivity index (χ3n) is 3.44. The van der Waals surface area contributed by atoms with Gasteiger partial charge in [-0.2, -0.15) is 0 Å². The van der Waals surface area contributed by atoms with E-state index in [2.05, 4.69) is 13.8 Å². The predicted octanol–water partition coefficient (Wildman–Crippen LogP) is 1.84. The Labute approximate surface area is 116 Å². The summed E-state index contributed by atoms with van der Waals surface area (Å²) in [5.74, 6) is 0.203. The lowest BCUT2D eigenvalue weighted by Crippen LogP contribution is -2.57. The van der Waals surface area contributed by atoms with Crippen molar-refractivity contribution < 1.29 is 23.7 Å². The topological polar surface area (TPSA) is 46.2 Å². The highest BCUT2D eigenvalue weighted by atomic mass is 16.7. The molecular formula is C14H28O5. The van der Waals surface area contributed by atoms with Gasteiger partial charge >= 0.3 is 0 Å². The van der Waals surface area contributed by atoms with E-state index in [1.807, 2.05) is 6.92 Å². The van der Waals surface area contributed by atoms with Crippen LogP contribution in [0.25, 0.3) is 0 Å². The molecule has 0 aromatic heterocycles. The normalized spacial score (nSPS) is 35.5. The van der Waals surface area contributed by atoms with Gasteiger partial charge in [-0.15, -0.1) is 0 Å². The van der Waals surface area contributed by atoms with E-state index >= 15 is 0 Å². The molecule has 0 aromatic rings. The molecule has 5 heteroatoms. The fourth-order valence-corrected chi connectivity index (χ4v) is 2.45. The summed E-state index contributed by atoms with van der Waals surface area (Å²) in [5.41, 5.74) is 0. The third kappa shape index (κ3) is 4.39. The molecule has 1 fully saturated rings. The lowest BCUT2D eigenvalue weighted by atomic mass is 9.90. The Kier molecular flexibility index (Phi) is 7.87. The molecule has 0 N–H and O–H groups in total. The van der Waals surface area contributed by atoms with E-state index in [9.17, 15) is 0 Å². The minimum absolute atomic E-state index is 0.0289. The van der Waals surface area contributed by atoms with Crippen molar-refractivity contribution in [1.29, 1.82) is 0 Å². The second-order valence-electron chi connectivity index (χ2n) is 4.85. The fraction of sp³-hybridized carbons (Fsp3) is 1.00. The van der Waals surface area contributed by atoms with Crippen LogP contribution < -0.4 is 0 Å². The average molecular weight is 276 g/mol. The molecule has 0 aromatic carbocycles. The fourth-order valence-electron chi connectivity index (χ4n) is 2.45. The summed E-state index contributed by atoms with van der Waals surface area (Å²) in [5, 5.41) is 0. The van der Waals surface area contributed by atoms with Crippen molar-refractivity contribution in [2.45, 2.75) is 51.8 Å². The van der Waals surface area contributed by atoms with Gasteiger partial charge in [0.05, 0.1) is 18.8 Å². The summed E-state index contributed by atoms with van der Waals surface area (Å²) in [6, 6.07) is 0. The Balaban J connectivity index is 2.79. The average Bonchev–Trinajstić information content (AvgIpc) is 2.41. The summed E-state index contributed by atoms with van der Waals surface area (Å²) in [6.07, 6.45) is 0.324. The summed E-state index contributed by atoms with van der Waals surface area (Å²) < 4.78 is 28.3. The van der Waals surface area contributed by atoms with Crippen LogP contribution >= 0.6 is 0 Å². The van der Waals surface area contributed by atoms with Crippen molar-refractivity contribution >= 4 is 0 Å². The van der Waals surface area contributed by atoms with E-state index in [1.165, 1.54) is 0 Å². The highest BCUT2D eigenvalue weighted by molar-refractivity contribution is 4.89. The summed E-state index contributed by atoms with van der Waals surface area (Å²) in [4.78, 5) is 0. The molecule has 0 spiro atoms. The van der Waals surface area contributed by atoms with Crippen LogP contribution in [0.15, 0.2) is 0 Å². The molecule has 0 bridgehead atoms. The Hall–Kier alpha value is -0.200. The minimum atomic E-state index is -0.404. The zero-order valence-corrected chi connectivity index (χ0v) is 12.8. The lowest BCUT2D eigenvalue weighted by Gasteiger charge is -2.44. The van der Waals surface area contributed by atoms with Crippen LogP contribution in [-0.2, 0) is 23.7 Å². The van der Waals surface area contributed by atoms with E-state index in [4.69, 9.17) is 23.7 Å². The van der Waals surface area contributed by atoms with Gasteiger partial charge in [0.1, 0.15) is 6.10 Å². The number of rotatable bonds is 8. The molecule has 5 unspecified atom stereocenters. The molecule has 1 aliphatic rings. The van der Waals surface area contributed by atoms with Crippen molar-refractivity contribution in [1.82, 2.24) is 0 Å². The quantitative estimate of drug-likeness (QED) is 0.677. The SMILES string of the molecule is CCCOC1C(C)C(COC)OC(OC)C1OCC. The lowest BCUT2D eigenvalue weighted by molar-refractivity contribution is -0.297. The number of hydrogen-bond acceptors (Lipinski definition) is 5. The summed E-state index contributed by atoms with van der Waals surface area (Å²) in [6.45, 7) is 8.04. The van der Waals surface area contributed by atoms with Crippen molar-refractivity contribution in [3.63, 3.8) is 0 Å². The maximum Gasteiger partial charge on any atom is 0.186 e. The second-order valence-corrected chi connectivity index (χ2v) is 4.85. The van der Waals surface area contributed by atoms with Crippen molar-refractivity contribution in [2.24, 2.45) is 5.92 Å². The van der Waals surface area contributed by atoms with Crippen molar-refractivity contribution in [3.8, 4) is 0 Å². The van der Waals surface area contributed by atoms with Gasteiger partial charge in [0, 0.05) is 33.4 Å². The molecule has 1 rings (SSSR count). The molecular weight excluding hydrogens is 248 g/mol.